The zero-order valence-electron chi connectivity index (χ0n) is 13.7. The van der Waals surface area contributed by atoms with Crippen LogP contribution in [0.25, 0.3) is 0 Å². The van der Waals surface area contributed by atoms with Crippen molar-refractivity contribution in [1.29, 1.82) is 0 Å². The second-order valence-electron chi connectivity index (χ2n) is 7.70. The molecule has 21 heavy (non-hydrogen) atoms. The molecule has 1 atom stereocenters. The highest BCUT2D eigenvalue weighted by Crippen LogP contribution is 2.35. The monoisotopic (exact) mass is 288 g/mol. The number of benzene rings is 1. The van der Waals surface area contributed by atoms with Gasteiger partial charge in [0.25, 0.3) is 0 Å². The molecular formula is C18H28N2O. The molecule has 3 nitrogen and oxygen atoms in total. The molecule has 1 aromatic carbocycles. The van der Waals surface area contributed by atoms with Crippen LogP contribution < -0.4 is 11.1 Å². The number of rotatable bonds is 5. The predicted molar refractivity (Wildman–Crippen MR) is 87.1 cm³/mol. The van der Waals surface area contributed by atoms with Crippen LogP contribution in [0.4, 0.5) is 0 Å². The van der Waals surface area contributed by atoms with Crippen LogP contribution in [0.15, 0.2) is 24.3 Å². The van der Waals surface area contributed by atoms with E-state index in [4.69, 9.17) is 5.73 Å². The standard InChI is InChI=1S/C18H28N2O/c1-13(16(21)20-17(2,3)4)10-14-6-5-7-15(11-14)12-18(19)8-9-18/h5-7,11,13H,8-10,12,19H2,1-4H3,(H,20,21). The Hall–Kier alpha value is -1.35. The third-order valence-electron chi connectivity index (χ3n) is 3.93. The van der Waals surface area contributed by atoms with Crippen molar-refractivity contribution in [2.75, 3.05) is 0 Å². The van der Waals surface area contributed by atoms with Crippen molar-refractivity contribution in [2.45, 2.75) is 64.5 Å². The molecule has 1 saturated carbocycles. The van der Waals surface area contributed by atoms with Gasteiger partial charge < -0.3 is 11.1 Å². The summed E-state index contributed by atoms with van der Waals surface area (Å²) in [6.45, 7) is 8.01. The molecule has 1 aromatic rings. The number of hydrogen-bond acceptors (Lipinski definition) is 2. The summed E-state index contributed by atoms with van der Waals surface area (Å²) in [7, 11) is 0. The van der Waals surface area contributed by atoms with E-state index in [0.717, 1.165) is 25.7 Å². The first-order valence-corrected chi connectivity index (χ1v) is 7.86. The van der Waals surface area contributed by atoms with Crippen molar-refractivity contribution in [2.24, 2.45) is 11.7 Å². The van der Waals surface area contributed by atoms with Gasteiger partial charge in [0.2, 0.25) is 5.91 Å². The summed E-state index contributed by atoms with van der Waals surface area (Å²) in [4.78, 5) is 12.2. The number of amides is 1. The summed E-state index contributed by atoms with van der Waals surface area (Å²) >= 11 is 0. The van der Waals surface area contributed by atoms with Crippen molar-refractivity contribution in [1.82, 2.24) is 5.32 Å². The van der Waals surface area contributed by atoms with Crippen molar-refractivity contribution in [3.05, 3.63) is 35.4 Å². The van der Waals surface area contributed by atoms with Gasteiger partial charge in [-0.2, -0.15) is 0 Å². The molecule has 1 amide bonds. The first kappa shape index (κ1) is 16.0. The van der Waals surface area contributed by atoms with Gasteiger partial charge in [-0.15, -0.1) is 0 Å². The van der Waals surface area contributed by atoms with Crippen molar-refractivity contribution in [3.8, 4) is 0 Å². The Morgan fingerprint density at radius 3 is 2.52 bits per heavy atom. The van der Waals surface area contributed by atoms with Gasteiger partial charge in [-0.3, -0.25) is 4.79 Å². The lowest BCUT2D eigenvalue weighted by Gasteiger charge is -2.23. The van der Waals surface area contributed by atoms with Gasteiger partial charge in [-0.1, -0.05) is 31.2 Å². The number of nitrogens with two attached hydrogens (primary N) is 1. The van der Waals surface area contributed by atoms with E-state index >= 15 is 0 Å². The molecule has 0 bridgehead atoms. The van der Waals surface area contributed by atoms with Gasteiger partial charge >= 0.3 is 0 Å². The highest BCUT2D eigenvalue weighted by atomic mass is 16.2. The molecule has 0 saturated heterocycles. The minimum Gasteiger partial charge on any atom is -0.351 e. The van der Waals surface area contributed by atoms with Crippen LogP contribution in [-0.4, -0.2) is 17.0 Å². The van der Waals surface area contributed by atoms with Gasteiger partial charge in [-0.25, -0.2) is 0 Å². The van der Waals surface area contributed by atoms with Crippen LogP contribution in [0.2, 0.25) is 0 Å². The lowest BCUT2D eigenvalue weighted by Crippen LogP contribution is -2.43. The minimum absolute atomic E-state index is 0.0211. The maximum absolute atomic E-state index is 12.2. The Kier molecular flexibility index (Phi) is 4.43. The van der Waals surface area contributed by atoms with Gasteiger partial charge in [0.05, 0.1) is 0 Å². The maximum atomic E-state index is 12.2. The molecular weight excluding hydrogens is 260 g/mol. The fourth-order valence-electron chi connectivity index (χ4n) is 2.55. The summed E-state index contributed by atoms with van der Waals surface area (Å²) < 4.78 is 0. The predicted octanol–water partition coefficient (Wildman–Crippen LogP) is 2.81. The Morgan fingerprint density at radius 2 is 1.95 bits per heavy atom. The number of hydrogen-bond donors (Lipinski definition) is 2. The maximum Gasteiger partial charge on any atom is 0.223 e. The first-order valence-electron chi connectivity index (χ1n) is 7.86. The van der Waals surface area contributed by atoms with Gasteiger partial charge in [0.15, 0.2) is 0 Å². The van der Waals surface area contributed by atoms with E-state index in [9.17, 15) is 4.79 Å². The van der Waals surface area contributed by atoms with E-state index in [1.54, 1.807) is 0 Å². The third-order valence-corrected chi connectivity index (χ3v) is 3.93. The van der Waals surface area contributed by atoms with Gasteiger partial charge in [0, 0.05) is 17.0 Å². The highest BCUT2D eigenvalue weighted by molar-refractivity contribution is 5.79. The average Bonchev–Trinajstić information content (AvgIpc) is 3.04. The Bertz CT molecular complexity index is 512. The van der Waals surface area contributed by atoms with Crippen molar-refractivity contribution >= 4 is 5.91 Å². The van der Waals surface area contributed by atoms with Crippen LogP contribution in [0.5, 0.6) is 0 Å². The zero-order chi connectivity index (χ0) is 15.7. The smallest absolute Gasteiger partial charge is 0.223 e. The largest absolute Gasteiger partial charge is 0.351 e. The minimum atomic E-state index is -0.176. The molecule has 1 fully saturated rings. The Balaban J connectivity index is 1.95. The van der Waals surface area contributed by atoms with E-state index in [0.29, 0.717) is 0 Å². The Labute approximate surface area is 128 Å². The molecule has 0 aromatic heterocycles. The van der Waals surface area contributed by atoms with E-state index in [1.165, 1.54) is 11.1 Å². The van der Waals surface area contributed by atoms with E-state index in [-0.39, 0.29) is 22.9 Å². The lowest BCUT2D eigenvalue weighted by molar-refractivity contribution is -0.125. The molecule has 2 rings (SSSR count). The molecule has 0 aliphatic heterocycles. The van der Waals surface area contributed by atoms with Crippen LogP contribution >= 0.6 is 0 Å². The fraction of sp³-hybridized carbons (Fsp3) is 0.611. The summed E-state index contributed by atoms with van der Waals surface area (Å²) in [5.41, 5.74) is 8.55. The molecule has 116 valence electrons. The van der Waals surface area contributed by atoms with E-state index in [2.05, 4.69) is 29.6 Å². The van der Waals surface area contributed by atoms with E-state index < -0.39 is 0 Å². The molecule has 0 radical (unpaired) electrons. The summed E-state index contributed by atoms with van der Waals surface area (Å²) in [5, 5.41) is 3.04. The normalized spacial score (nSPS) is 18.1. The SMILES string of the molecule is CC(Cc1cccc(CC2(N)CC2)c1)C(=O)NC(C)(C)C. The number of nitrogens with one attached hydrogen (secondary N) is 1. The molecule has 0 heterocycles. The van der Waals surface area contributed by atoms with Crippen LogP contribution in [0.1, 0.15) is 51.7 Å². The topological polar surface area (TPSA) is 55.1 Å². The molecule has 1 unspecified atom stereocenters. The van der Waals surface area contributed by atoms with Crippen molar-refractivity contribution < 1.29 is 4.79 Å². The highest BCUT2D eigenvalue weighted by Gasteiger charge is 2.37. The van der Waals surface area contributed by atoms with Gasteiger partial charge in [0.1, 0.15) is 0 Å². The lowest BCUT2D eigenvalue weighted by atomic mass is 9.95. The van der Waals surface area contributed by atoms with Crippen LogP contribution in [0.3, 0.4) is 0 Å². The molecule has 1 aliphatic carbocycles. The fourth-order valence-corrected chi connectivity index (χ4v) is 2.55. The second kappa shape index (κ2) is 5.80. The summed E-state index contributed by atoms with van der Waals surface area (Å²) in [5.74, 6) is 0.0950. The first-order chi connectivity index (χ1) is 9.67. The van der Waals surface area contributed by atoms with Crippen LogP contribution in [-0.2, 0) is 17.6 Å². The third kappa shape index (κ3) is 5.16. The summed E-state index contributed by atoms with van der Waals surface area (Å²) in [6, 6.07) is 8.51. The summed E-state index contributed by atoms with van der Waals surface area (Å²) in [6.07, 6.45) is 3.97. The van der Waals surface area contributed by atoms with E-state index in [1.807, 2.05) is 27.7 Å². The molecule has 3 N–H and O–H groups in total. The Morgan fingerprint density at radius 1 is 1.33 bits per heavy atom. The zero-order valence-corrected chi connectivity index (χ0v) is 13.7. The van der Waals surface area contributed by atoms with Crippen molar-refractivity contribution in [3.63, 3.8) is 0 Å². The van der Waals surface area contributed by atoms with Crippen LogP contribution in [0, 0.1) is 5.92 Å². The quantitative estimate of drug-likeness (QED) is 0.875. The molecule has 1 aliphatic rings. The second-order valence-corrected chi connectivity index (χ2v) is 7.70. The molecule has 0 spiro atoms. The average molecular weight is 288 g/mol. The van der Waals surface area contributed by atoms with Gasteiger partial charge in [-0.05, 0) is 57.6 Å². The number of carbonyl (C=O) groups excluding carboxylic acids is 1. The molecule has 3 heteroatoms. The number of carbonyl (C=O) groups is 1.